The van der Waals surface area contributed by atoms with Gasteiger partial charge in [-0.15, -0.1) is 10.2 Å². The molecule has 9 nitrogen and oxygen atoms in total. The second-order valence-corrected chi connectivity index (χ2v) is 7.19. The van der Waals surface area contributed by atoms with Crippen LogP contribution in [0.1, 0.15) is 5.56 Å². The molecular formula is C14H16FN7O2S. The van der Waals surface area contributed by atoms with E-state index in [1.54, 1.807) is 26.1 Å². The summed E-state index contributed by atoms with van der Waals surface area (Å²) < 4.78 is 41.3. The van der Waals surface area contributed by atoms with Crippen molar-refractivity contribution in [1.29, 1.82) is 0 Å². The number of rotatable bonds is 6. The Labute approximate surface area is 143 Å². The Morgan fingerprint density at radius 3 is 2.80 bits per heavy atom. The highest BCUT2D eigenvalue weighted by molar-refractivity contribution is 7.89. The predicted octanol–water partition coefficient (Wildman–Crippen LogP) is 0.500. The van der Waals surface area contributed by atoms with E-state index in [9.17, 15) is 12.8 Å². The lowest BCUT2D eigenvalue weighted by molar-refractivity contribution is 0.511. The van der Waals surface area contributed by atoms with Crippen LogP contribution in [0.5, 0.6) is 0 Å². The van der Waals surface area contributed by atoms with Crippen molar-refractivity contribution in [3.8, 4) is 11.4 Å². The lowest BCUT2D eigenvalue weighted by Gasteiger charge is -2.03. The first-order chi connectivity index (χ1) is 11.8. The van der Waals surface area contributed by atoms with Gasteiger partial charge in [-0.2, -0.15) is 9.90 Å². The number of halogens is 1. The minimum atomic E-state index is -3.63. The predicted molar refractivity (Wildman–Crippen MR) is 86.3 cm³/mol. The molecule has 0 saturated heterocycles. The van der Waals surface area contributed by atoms with Crippen LogP contribution < -0.4 is 4.72 Å². The van der Waals surface area contributed by atoms with Gasteiger partial charge >= 0.3 is 0 Å². The van der Waals surface area contributed by atoms with Crippen LogP contribution in [0.4, 0.5) is 4.39 Å². The van der Waals surface area contributed by atoms with Crippen LogP contribution in [0.15, 0.2) is 35.5 Å². The maximum atomic E-state index is 13.3. The molecule has 1 aromatic carbocycles. The van der Waals surface area contributed by atoms with Crippen LogP contribution in [0.2, 0.25) is 0 Å². The van der Waals surface area contributed by atoms with Gasteiger partial charge in [0, 0.05) is 25.4 Å². The molecule has 0 saturated carbocycles. The van der Waals surface area contributed by atoms with E-state index in [2.05, 4.69) is 25.2 Å². The number of aryl methyl sites for hydroxylation is 2. The van der Waals surface area contributed by atoms with Gasteiger partial charge in [0.25, 0.3) is 0 Å². The third kappa shape index (κ3) is 3.88. The van der Waals surface area contributed by atoms with Gasteiger partial charge in [-0.25, -0.2) is 17.5 Å². The van der Waals surface area contributed by atoms with E-state index < -0.39 is 10.0 Å². The minimum Gasteiger partial charge on any atom is -0.274 e. The Balaban J connectivity index is 1.63. The van der Waals surface area contributed by atoms with Crippen molar-refractivity contribution >= 4 is 10.0 Å². The van der Waals surface area contributed by atoms with Crippen molar-refractivity contribution in [2.75, 3.05) is 6.54 Å². The van der Waals surface area contributed by atoms with Crippen LogP contribution in [-0.4, -0.2) is 45.0 Å². The average molecular weight is 365 g/mol. The number of benzene rings is 1. The Kier molecular flexibility index (Phi) is 4.59. The fraction of sp³-hybridized carbons (Fsp3) is 0.286. The zero-order chi connectivity index (χ0) is 18.0. The zero-order valence-electron chi connectivity index (χ0n) is 13.6. The van der Waals surface area contributed by atoms with Gasteiger partial charge in [0.15, 0.2) is 0 Å². The molecule has 0 radical (unpaired) electrons. The summed E-state index contributed by atoms with van der Waals surface area (Å²) in [6.07, 6.45) is 2.68. The van der Waals surface area contributed by atoms with Gasteiger partial charge in [0.05, 0.1) is 12.7 Å². The molecule has 2 aromatic heterocycles. The van der Waals surface area contributed by atoms with Crippen LogP contribution in [0.25, 0.3) is 11.4 Å². The summed E-state index contributed by atoms with van der Waals surface area (Å²) in [4.78, 5) is 1.36. The molecule has 0 unspecified atom stereocenters. The molecule has 132 valence electrons. The third-order valence-electron chi connectivity index (χ3n) is 3.46. The van der Waals surface area contributed by atoms with Crippen molar-refractivity contribution in [2.24, 2.45) is 7.05 Å². The van der Waals surface area contributed by atoms with Crippen molar-refractivity contribution in [3.63, 3.8) is 0 Å². The van der Waals surface area contributed by atoms with Crippen molar-refractivity contribution in [1.82, 2.24) is 34.7 Å². The first kappa shape index (κ1) is 17.2. The van der Waals surface area contributed by atoms with Crippen molar-refractivity contribution < 1.29 is 12.8 Å². The Morgan fingerprint density at radius 2 is 2.12 bits per heavy atom. The first-order valence-corrected chi connectivity index (χ1v) is 8.86. The molecule has 1 N–H and O–H groups in total. The van der Waals surface area contributed by atoms with E-state index in [0.29, 0.717) is 17.0 Å². The van der Waals surface area contributed by atoms with Gasteiger partial charge in [0.2, 0.25) is 15.8 Å². The summed E-state index contributed by atoms with van der Waals surface area (Å²) in [5, 5.41) is 15.8. The standard InChI is InChI=1S/C14H16FN7O2S/c1-10-7-11(3-4-13(10)15)14-18-20-22(19-14)6-5-17-25(23,24)12-8-16-21(2)9-12/h3-4,7-9,17H,5-6H2,1-2H3. The number of tetrazole rings is 1. The summed E-state index contributed by atoms with van der Waals surface area (Å²) in [5.41, 5.74) is 1.12. The quantitative estimate of drug-likeness (QED) is 0.682. The van der Waals surface area contributed by atoms with Crippen LogP contribution in [-0.2, 0) is 23.6 Å². The van der Waals surface area contributed by atoms with Gasteiger partial charge in [0.1, 0.15) is 10.7 Å². The number of hydrogen-bond donors (Lipinski definition) is 1. The molecule has 0 amide bonds. The molecule has 25 heavy (non-hydrogen) atoms. The summed E-state index contributed by atoms with van der Waals surface area (Å²) in [6, 6.07) is 4.53. The van der Waals surface area contributed by atoms with E-state index >= 15 is 0 Å². The minimum absolute atomic E-state index is 0.0871. The highest BCUT2D eigenvalue weighted by Crippen LogP contribution is 2.17. The highest BCUT2D eigenvalue weighted by Gasteiger charge is 2.15. The topological polar surface area (TPSA) is 108 Å². The van der Waals surface area contributed by atoms with Crippen LogP contribution in [0, 0.1) is 12.7 Å². The molecule has 11 heteroatoms. The number of nitrogens with zero attached hydrogens (tertiary/aromatic N) is 6. The molecule has 0 aliphatic heterocycles. The molecule has 2 heterocycles. The van der Waals surface area contributed by atoms with Crippen molar-refractivity contribution in [3.05, 3.63) is 42.0 Å². The van der Waals surface area contributed by atoms with E-state index in [4.69, 9.17) is 0 Å². The van der Waals surface area contributed by atoms with E-state index in [0.717, 1.165) is 0 Å². The van der Waals surface area contributed by atoms with Gasteiger partial charge in [-0.1, -0.05) is 0 Å². The summed E-state index contributed by atoms with van der Waals surface area (Å²) >= 11 is 0. The second kappa shape index (κ2) is 6.69. The molecule has 0 fully saturated rings. The largest absolute Gasteiger partial charge is 0.274 e. The Bertz CT molecular complexity index is 996. The highest BCUT2D eigenvalue weighted by atomic mass is 32.2. The number of aromatic nitrogens is 6. The first-order valence-electron chi connectivity index (χ1n) is 7.38. The van der Waals surface area contributed by atoms with Gasteiger partial charge < -0.3 is 0 Å². The maximum absolute atomic E-state index is 13.3. The molecular weight excluding hydrogens is 349 g/mol. The number of sulfonamides is 1. The summed E-state index contributed by atoms with van der Waals surface area (Å²) in [7, 11) is -1.99. The third-order valence-corrected chi connectivity index (χ3v) is 4.88. The summed E-state index contributed by atoms with van der Waals surface area (Å²) in [5.74, 6) is 0.0409. The lowest BCUT2D eigenvalue weighted by atomic mass is 10.1. The Hall–Kier alpha value is -2.66. The fourth-order valence-electron chi connectivity index (χ4n) is 2.14. The smallest absolute Gasteiger partial charge is 0.243 e. The van der Waals surface area contributed by atoms with E-state index in [-0.39, 0.29) is 23.8 Å². The Morgan fingerprint density at radius 1 is 1.32 bits per heavy atom. The maximum Gasteiger partial charge on any atom is 0.243 e. The fourth-order valence-corrected chi connectivity index (χ4v) is 3.14. The molecule has 0 aliphatic carbocycles. The second-order valence-electron chi connectivity index (χ2n) is 5.42. The van der Waals surface area contributed by atoms with Crippen LogP contribution >= 0.6 is 0 Å². The molecule has 0 spiro atoms. The molecule has 3 rings (SSSR count). The zero-order valence-corrected chi connectivity index (χ0v) is 14.4. The normalized spacial score (nSPS) is 11.8. The monoisotopic (exact) mass is 365 g/mol. The lowest BCUT2D eigenvalue weighted by Crippen LogP contribution is -2.27. The van der Waals surface area contributed by atoms with E-state index in [1.807, 2.05) is 0 Å². The van der Waals surface area contributed by atoms with Crippen molar-refractivity contribution in [2.45, 2.75) is 18.4 Å². The van der Waals surface area contributed by atoms with Gasteiger partial charge in [-0.05, 0) is 35.9 Å². The molecule has 3 aromatic rings. The molecule has 0 aliphatic rings. The van der Waals surface area contributed by atoms with E-state index in [1.165, 1.54) is 27.9 Å². The van der Waals surface area contributed by atoms with Crippen LogP contribution in [0.3, 0.4) is 0 Å². The average Bonchev–Trinajstić information content (AvgIpc) is 3.19. The number of nitrogens with one attached hydrogen (secondary N) is 1. The number of hydrogen-bond acceptors (Lipinski definition) is 6. The summed E-state index contributed by atoms with van der Waals surface area (Å²) in [6.45, 7) is 1.94. The molecule has 0 bridgehead atoms. The van der Waals surface area contributed by atoms with Gasteiger partial charge in [-0.3, -0.25) is 4.68 Å². The SMILES string of the molecule is Cc1cc(-c2nnn(CCNS(=O)(=O)c3cnn(C)c3)n2)ccc1F. The molecule has 0 atom stereocenters.